The van der Waals surface area contributed by atoms with Crippen LogP contribution in [0.1, 0.15) is 59.8 Å². The Labute approximate surface area is 172 Å². The molecular weight excluding hydrogens is 388 g/mol. The summed E-state index contributed by atoms with van der Waals surface area (Å²) in [6.07, 6.45) is 0.154. The molecule has 4 rings (SSSR count). The third-order valence-corrected chi connectivity index (χ3v) is 5.12. The van der Waals surface area contributed by atoms with Crippen molar-refractivity contribution in [1.29, 1.82) is 0 Å². The summed E-state index contributed by atoms with van der Waals surface area (Å²) >= 11 is 0. The number of fused-ring (bicyclic) bond motifs is 2. The van der Waals surface area contributed by atoms with E-state index in [1.54, 1.807) is 42.5 Å². The first-order valence-corrected chi connectivity index (χ1v) is 9.46. The molecule has 0 aromatic heterocycles. The number of benzene rings is 2. The van der Waals surface area contributed by atoms with E-state index in [9.17, 15) is 24.0 Å². The molecule has 8 heteroatoms. The highest BCUT2D eigenvalue weighted by molar-refractivity contribution is 6.22. The fraction of sp³-hybridized carbons (Fsp3) is 0.227. The molecule has 0 radical (unpaired) electrons. The van der Waals surface area contributed by atoms with Gasteiger partial charge in [0.1, 0.15) is 0 Å². The van der Waals surface area contributed by atoms with Crippen LogP contribution in [0.15, 0.2) is 42.5 Å². The molecule has 0 unspecified atom stereocenters. The van der Waals surface area contributed by atoms with E-state index in [2.05, 4.69) is 0 Å². The van der Waals surface area contributed by atoms with Gasteiger partial charge in [0.25, 0.3) is 23.6 Å². The molecule has 8 nitrogen and oxygen atoms in total. The van der Waals surface area contributed by atoms with Gasteiger partial charge in [-0.25, -0.2) is 4.90 Å². The van der Waals surface area contributed by atoms with E-state index in [1.165, 1.54) is 0 Å². The topological polar surface area (TPSA) is 101 Å². The van der Waals surface area contributed by atoms with Gasteiger partial charge in [0.15, 0.2) is 6.73 Å². The Morgan fingerprint density at radius 1 is 0.800 bits per heavy atom. The van der Waals surface area contributed by atoms with Crippen LogP contribution in [0.4, 0.5) is 0 Å². The van der Waals surface area contributed by atoms with Gasteiger partial charge in [-0.3, -0.25) is 28.9 Å². The minimum Gasteiger partial charge on any atom is -0.444 e. The summed E-state index contributed by atoms with van der Waals surface area (Å²) in [6, 6.07) is 11.5. The molecule has 0 atom stereocenters. The highest BCUT2D eigenvalue weighted by atomic mass is 16.5. The predicted octanol–water partition coefficient (Wildman–Crippen LogP) is 2.17. The molecule has 2 aromatic rings. The van der Waals surface area contributed by atoms with Gasteiger partial charge in [0.05, 0.1) is 22.3 Å². The van der Waals surface area contributed by atoms with E-state index >= 15 is 0 Å². The zero-order valence-corrected chi connectivity index (χ0v) is 16.2. The zero-order chi connectivity index (χ0) is 21.4. The summed E-state index contributed by atoms with van der Waals surface area (Å²) in [4.78, 5) is 63.3. The Hall–Kier alpha value is -3.81. The highest BCUT2D eigenvalue weighted by Gasteiger charge is 2.36. The second kappa shape index (κ2) is 7.55. The van der Waals surface area contributed by atoms with Crippen LogP contribution < -0.4 is 0 Å². The molecule has 0 saturated heterocycles. The number of esters is 1. The number of carbonyl (C=O) groups excluding carboxylic acids is 5. The predicted molar refractivity (Wildman–Crippen MR) is 104 cm³/mol. The van der Waals surface area contributed by atoms with Crippen LogP contribution in [-0.4, -0.2) is 52.7 Å². The molecule has 0 spiro atoms. The summed E-state index contributed by atoms with van der Waals surface area (Å²) in [5, 5.41) is 0. The van der Waals surface area contributed by atoms with E-state index in [0.29, 0.717) is 11.1 Å². The summed E-state index contributed by atoms with van der Waals surface area (Å²) < 4.78 is 5.05. The third-order valence-electron chi connectivity index (χ3n) is 5.12. The summed E-state index contributed by atoms with van der Waals surface area (Å²) in [6.45, 7) is 1.44. The van der Waals surface area contributed by atoms with E-state index < -0.39 is 24.5 Å². The van der Waals surface area contributed by atoms with Crippen LogP contribution in [0.25, 0.3) is 0 Å². The van der Waals surface area contributed by atoms with Crippen molar-refractivity contribution in [2.24, 2.45) is 0 Å². The number of rotatable bonds is 6. The van der Waals surface area contributed by atoms with Crippen molar-refractivity contribution < 1.29 is 28.7 Å². The number of ether oxygens (including phenoxy) is 1. The minimum absolute atomic E-state index is 0.0599. The molecule has 30 heavy (non-hydrogen) atoms. The largest absolute Gasteiger partial charge is 0.444 e. The lowest BCUT2D eigenvalue weighted by Crippen LogP contribution is -2.33. The van der Waals surface area contributed by atoms with Gasteiger partial charge in [-0.1, -0.05) is 23.8 Å². The molecule has 2 aliphatic rings. The molecule has 2 aliphatic heterocycles. The molecule has 2 aromatic carbocycles. The number of amides is 4. The smallest absolute Gasteiger partial charge is 0.307 e. The normalized spacial score (nSPS) is 15.0. The molecule has 0 fully saturated rings. The maximum absolute atomic E-state index is 12.4. The van der Waals surface area contributed by atoms with Gasteiger partial charge in [0, 0.05) is 13.0 Å². The average molecular weight is 406 g/mol. The maximum Gasteiger partial charge on any atom is 0.307 e. The number of carbonyl (C=O) groups is 5. The first kappa shape index (κ1) is 19.5. The zero-order valence-electron chi connectivity index (χ0n) is 16.2. The quantitative estimate of drug-likeness (QED) is 0.538. The SMILES string of the molecule is Cc1ccc2c(c1)C(=O)N(CCCC(=O)OCN1C(=O)c3ccccc3C1=O)C2=O. The molecule has 0 bridgehead atoms. The Balaban J connectivity index is 1.28. The van der Waals surface area contributed by atoms with Crippen LogP contribution in [0.5, 0.6) is 0 Å². The van der Waals surface area contributed by atoms with Crippen molar-refractivity contribution >= 4 is 29.6 Å². The number of aryl methyl sites for hydroxylation is 1. The second-order valence-corrected chi connectivity index (χ2v) is 7.14. The van der Waals surface area contributed by atoms with Crippen molar-refractivity contribution in [1.82, 2.24) is 9.80 Å². The van der Waals surface area contributed by atoms with E-state index in [1.807, 2.05) is 6.92 Å². The van der Waals surface area contributed by atoms with Crippen molar-refractivity contribution in [3.05, 3.63) is 70.3 Å². The van der Waals surface area contributed by atoms with Crippen LogP contribution in [0.2, 0.25) is 0 Å². The number of hydrogen-bond acceptors (Lipinski definition) is 6. The standard InChI is InChI=1S/C22H18N2O6/c1-13-8-9-16-17(11-13)22(29)23(19(16)26)10-4-7-18(25)30-12-24-20(27)14-5-2-3-6-15(14)21(24)28/h2-3,5-6,8-9,11H,4,7,10,12H2,1H3. The Morgan fingerprint density at radius 2 is 1.37 bits per heavy atom. The molecule has 0 saturated carbocycles. The van der Waals surface area contributed by atoms with E-state index in [-0.39, 0.29) is 42.3 Å². The molecule has 2 heterocycles. The first-order valence-electron chi connectivity index (χ1n) is 9.46. The van der Waals surface area contributed by atoms with Gasteiger partial charge in [-0.05, 0) is 37.6 Å². The maximum atomic E-state index is 12.4. The van der Waals surface area contributed by atoms with Crippen molar-refractivity contribution in [2.45, 2.75) is 19.8 Å². The Bertz CT molecular complexity index is 1070. The number of nitrogens with zero attached hydrogens (tertiary/aromatic N) is 2. The molecule has 4 amide bonds. The third kappa shape index (κ3) is 3.26. The number of hydrogen-bond donors (Lipinski definition) is 0. The van der Waals surface area contributed by atoms with E-state index in [0.717, 1.165) is 15.4 Å². The van der Waals surface area contributed by atoms with Crippen molar-refractivity contribution in [3.63, 3.8) is 0 Å². The lowest BCUT2D eigenvalue weighted by atomic mass is 10.1. The molecule has 0 aliphatic carbocycles. The van der Waals surface area contributed by atoms with E-state index in [4.69, 9.17) is 4.74 Å². The van der Waals surface area contributed by atoms with Gasteiger partial charge in [-0.15, -0.1) is 0 Å². The Morgan fingerprint density at radius 3 is 2.03 bits per heavy atom. The van der Waals surface area contributed by atoms with Crippen LogP contribution >= 0.6 is 0 Å². The van der Waals surface area contributed by atoms with Crippen LogP contribution in [0, 0.1) is 6.92 Å². The second-order valence-electron chi connectivity index (χ2n) is 7.14. The van der Waals surface area contributed by atoms with Gasteiger partial charge >= 0.3 is 5.97 Å². The average Bonchev–Trinajstić information content (AvgIpc) is 3.12. The van der Waals surface area contributed by atoms with Crippen LogP contribution in [0.3, 0.4) is 0 Å². The fourth-order valence-electron chi connectivity index (χ4n) is 3.55. The summed E-state index contributed by atoms with van der Waals surface area (Å²) in [7, 11) is 0. The van der Waals surface area contributed by atoms with Gasteiger partial charge in [-0.2, -0.15) is 0 Å². The molecule has 152 valence electrons. The molecular formula is C22H18N2O6. The summed E-state index contributed by atoms with van der Waals surface area (Å²) in [5.74, 6) is -2.40. The lowest BCUT2D eigenvalue weighted by Gasteiger charge is -2.15. The highest BCUT2D eigenvalue weighted by Crippen LogP contribution is 2.24. The van der Waals surface area contributed by atoms with Gasteiger partial charge < -0.3 is 4.74 Å². The minimum atomic E-state index is -0.626. The monoisotopic (exact) mass is 406 g/mol. The molecule has 0 N–H and O–H groups in total. The Kier molecular flexibility index (Phi) is 4.91. The van der Waals surface area contributed by atoms with Crippen molar-refractivity contribution in [3.8, 4) is 0 Å². The number of imide groups is 2. The first-order chi connectivity index (χ1) is 14.4. The summed E-state index contributed by atoms with van der Waals surface area (Å²) in [5.41, 5.74) is 2.17. The van der Waals surface area contributed by atoms with Crippen LogP contribution in [-0.2, 0) is 9.53 Å². The van der Waals surface area contributed by atoms with Gasteiger partial charge in [0.2, 0.25) is 0 Å². The fourth-order valence-corrected chi connectivity index (χ4v) is 3.55. The lowest BCUT2D eigenvalue weighted by molar-refractivity contribution is -0.146. The van der Waals surface area contributed by atoms with Crippen molar-refractivity contribution in [2.75, 3.05) is 13.3 Å².